The molecule has 0 saturated carbocycles. The number of benzene rings is 1. The van der Waals surface area contributed by atoms with Crippen molar-refractivity contribution in [2.24, 2.45) is 0 Å². The van der Waals surface area contributed by atoms with Gasteiger partial charge < -0.3 is 9.64 Å². The number of likely N-dealkylation sites (N-methyl/N-ethyl adjacent to an activating group) is 1. The van der Waals surface area contributed by atoms with Crippen LogP contribution in [-0.2, 0) is 24.2 Å². The number of esters is 1. The molecule has 0 unspecified atom stereocenters. The minimum atomic E-state index is -3.06. The van der Waals surface area contributed by atoms with Crippen molar-refractivity contribution in [3.8, 4) is 0 Å². The van der Waals surface area contributed by atoms with E-state index in [0.29, 0.717) is 6.42 Å². The van der Waals surface area contributed by atoms with Crippen LogP contribution in [0.3, 0.4) is 0 Å². The van der Waals surface area contributed by atoms with Crippen molar-refractivity contribution in [2.45, 2.75) is 19.4 Å². The Labute approximate surface area is 142 Å². The van der Waals surface area contributed by atoms with E-state index in [0.717, 1.165) is 11.1 Å². The number of sulfone groups is 1. The predicted octanol–water partition coefficient (Wildman–Crippen LogP) is 1.20. The van der Waals surface area contributed by atoms with Crippen LogP contribution < -0.4 is 0 Å². The Morgan fingerprint density at radius 3 is 2.75 bits per heavy atom. The molecule has 0 aromatic heterocycles. The summed E-state index contributed by atoms with van der Waals surface area (Å²) in [4.78, 5) is 25.0. The van der Waals surface area contributed by atoms with Crippen LogP contribution in [0.5, 0.6) is 0 Å². The molecule has 1 saturated heterocycles. The lowest BCUT2D eigenvalue weighted by Crippen LogP contribution is -2.40. The summed E-state index contributed by atoms with van der Waals surface area (Å²) in [6, 6.07) is 7.27. The molecule has 1 aromatic carbocycles. The van der Waals surface area contributed by atoms with Crippen molar-refractivity contribution in [3.05, 3.63) is 41.5 Å². The number of hydrogen-bond donors (Lipinski definition) is 0. The largest absolute Gasteiger partial charge is 0.452 e. The van der Waals surface area contributed by atoms with Crippen LogP contribution in [0, 0.1) is 6.92 Å². The summed E-state index contributed by atoms with van der Waals surface area (Å²) in [5.41, 5.74) is 1.94. The lowest BCUT2D eigenvalue weighted by molar-refractivity contribution is -0.148. The van der Waals surface area contributed by atoms with Crippen LogP contribution in [0.2, 0.25) is 0 Å². The third-order valence-corrected chi connectivity index (χ3v) is 5.69. The van der Waals surface area contributed by atoms with Crippen molar-refractivity contribution in [1.82, 2.24) is 4.90 Å². The SMILES string of the molecule is Cc1cccc(/C=C/C(=O)OCC(=O)N(C)[C@@H]2CCS(=O)(=O)C2)c1. The van der Waals surface area contributed by atoms with Crippen LogP contribution in [-0.4, -0.2) is 56.4 Å². The molecule has 0 aliphatic carbocycles. The summed E-state index contributed by atoms with van der Waals surface area (Å²) in [5.74, 6) is -0.961. The van der Waals surface area contributed by atoms with Gasteiger partial charge in [0.1, 0.15) is 0 Å². The fourth-order valence-electron chi connectivity index (χ4n) is 2.51. The first-order chi connectivity index (χ1) is 11.3. The Hall–Kier alpha value is -2.15. The van der Waals surface area contributed by atoms with Crippen LogP contribution >= 0.6 is 0 Å². The van der Waals surface area contributed by atoms with E-state index in [9.17, 15) is 18.0 Å². The van der Waals surface area contributed by atoms with Crippen molar-refractivity contribution in [2.75, 3.05) is 25.2 Å². The van der Waals surface area contributed by atoms with E-state index in [1.165, 1.54) is 18.0 Å². The minimum absolute atomic E-state index is 0.0313. The summed E-state index contributed by atoms with van der Waals surface area (Å²) < 4.78 is 27.8. The second-order valence-electron chi connectivity index (χ2n) is 5.92. The Bertz CT molecular complexity index is 754. The molecule has 1 aliphatic heterocycles. The Morgan fingerprint density at radius 1 is 1.38 bits per heavy atom. The van der Waals surface area contributed by atoms with Gasteiger partial charge in [0.15, 0.2) is 16.4 Å². The van der Waals surface area contributed by atoms with E-state index in [4.69, 9.17) is 4.74 Å². The van der Waals surface area contributed by atoms with Crippen molar-refractivity contribution in [3.63, 3.8) is 0 Å². The highest BCUT2D eigenvalue weighted by atomic mass is 32.2. The molecular weight excluding hydrogens is 330 g/mol. The molecule has 0 N–H and O–H groups in total. The molecule has 1 amide bonds. The van der Waals surface area contributed by atoms with Crippen LogP contribution in [0.15, 0.2) is 30.3 Å². The number of nitrogens with zero attached hydrogens (tertiary/aromatic N) is 1. The number of amides is 1. The fraction of sp³-hybridized carbons (Fsp3) is 0.412. The summed E-state index contributed by atoms with van der Waals surface area (Å²) >= 11 is 0. The average Bonchev–Trinajstić information content (AvgIpc) is 2.90. The number of carbonyl (C=O) groups excluding carboxylic acids is 2. The maximum absolute atomic E-state index is 12.0. The lowest BCUT2D eigenvalue weighted by atomic mass is 10.1. The topological polar surface area (TPSA) is 80.8 Å². The maximum atomic E-state index is 12.0. The van der Waals surface area contributed by atoms with E-state index in [1.54, 1.807) is 6.08 Å². The number of carbonyl (C=O) groups is 2. The zero-order valence-corrected chi connectivity index (χ0v) is 14.6. The molecule has 0 spiro atoms. The average molecular weight is 351 g/mol. The van der Waals surface area contributed by atoms with Crippen molar-refractivity contribution >= 4 is 27.8 Å². The van der Waals surface area contributed by atoms with Crippen LogP contribution in [0.4, 0.5) is 0 Å². The number of hydrogen-bond acceptors (Lipinski definition) is 5. The van der Waals surface area contributed by atoms with Gasteiger partial charge in [0.25, 0.3) is 5.91 Å². The minimum Gasteiger partial charge on any atom is -0.452 e. The van der Waals surface area contributed by atoms with Gasteiger partial charge in [-0.2, -0.15) is 0 Å². The molecule has 1 aromatic rings. The molecule has 2 rings (SSSR count). The quantitative estimate of drug-likeness (QED) is 0.588. The van der Waals surface area contributed by atoms with Gasteiger partial charge in [-0.25, -0.2) is 13.2 Å². The molecule has 7 heteroatoms. The smallest absolute Gasteiger partial charge is 0.331 e. The van der Waals surface area contributed by atoms with E-state index >= 15 is 0 Å². The standard InChI is InChI=1S/C17H21NO5S/c1-13-4-3-5-14(10-13)6-7-17(20)23-11-16(19)18(2)15-8-9-24(21,22)12-15/h3-7,10,15H,8-9,11-12H2,1-2H3/b7-6+/t15-/m1/s1. The highest BCUT2D eigenvalue weighted by Crippen LogP contribution is 2.16. The van der Waals surface area contributed by atoms with Gasteiger partial charge in [-0.05, 0) is 25.0 Å². The van der Waals surface area contributed by atoms with Crippen LogP contribution in [0.25, 0.3) is 6.08 Å². The van der Waals surface area contributed by atoms with Gasteiger partial charge >= 0.3 is 5.97 Å². The first-order valence-electron chi connectivity index (χ1n) is 7.64. The molecule has 130 valence electrons. The summed E-state index contributed by atoms with van der Waals surface area (Å²) in [6.45, 7) is 1.55. The highest BCUT2D eigenvalue weighted by molar-refractivity contribution is 7.91. The molecule has 0 radical (unpaired) electrons. The number of ether oxygens (including phenoxy) is 1. The van der Waals surface area contributed by atoms with Gasteiger partial charge in [-0.15, -0.1) is 0 Å². The van der Waals surface area contributed by atoms with E-state index < -0.39 is 28.3 Å². The monoisotopic (exact) mass is 351 g/mol. The molecule has 1 heterocycles. The van der Waals surface area contributed by atoms with Gasteiger partial charge in [0, 0.05) is 19.2 Å². The highest BCUT2D eigenvalue weighted by Gasteiger charge is 2.32. The Morgan fingerprint density at radius 2 is 2.12 bits per heavy atom. The third-order valence-electron chi connectivity index (χ3n) is 3.94. The van der Waals surface area contributed by atoms with Gasteiger partial charge in [0.05, 0.1) is 11.5 Å². The molecule has 6 nitrogen and oxygen atoms in total. The fourth-order valence-corrected chi connectivity index (χ4v) is 4.28. The van der Waals surface area contributed by atoms with Gasteiger partial charge in [0.2, 0.25) is 0 Å². The maximum Gasteiger partial charge on any atom is 0.331 e. The molecule has 1 atom stereocenters. The van der Waals surface area contributed by atoms with E-state index in [-0.39, 0.29) is 17.5 Å². The van der Waals surface area contributed by atoms with Gasteiger partial charge in [-0.3, -0.25) is 4.79 Å². The number of rotatable bonds is 5. The van der Waals surface area contributed by atoms with E-state index in [1.807, 2.05) is 31.2 Å². The first-order valence-corrected chi connectivity index (χ1v) is 9.46. The molecule has 24 heavy (non-hydrogen) atoms. The third kappa shape index (κ3) is 5.19. The van der Waals surface area contributed by atoms with Crippen LogP contribution in [0.1, 0.15) is 17.5 Å². The van der Waals surface area contributed by atoms with Crippen molar-refractivity contribution in [1.29, 1.82) is 0 Å². The first kappa shape index (κ1) is 18.2. The van der Waals surface area contributed by atoms with Crippen molar-refractivity contribution < 1.29 is 22.7 Å². The normalized spacial score (nSPS) is 19.3. The summed E-state index contributed by atoms with van der Waals surface area (Å²) in [6.07, 6.45) is 3.31. The number of aryl methyl sites for hydroxylation is 1. The Kier molecular flexibility index (Phi) is 5.77. The molecular formula is C17H21NO5S. The summed E-state index contributed by atoms with van der Waals surface area (Å²) in [5, 5.41) is 0. The Balaban J connectivity index is 1.82. The molecule has 0 bridgehead atoms. The summed E-state index contributed by atoms with van der Waals surface area (Å²) in [7, 11) is -1.53. The predicted molar refractivity (Wildman–Crippen MR) is 91.0 cm³/mol. The molecule has 1 aliphatic rings. The second kappa shape index (κ2) is 7.61. The zero-order chi connectivity index (χ0) is 17.7. The zero-order valence-electron chi connectivity index (χ0n) is 13.8. The van der Waals surface area contributed by atoms with E-state index in [2.05, 4.69) is 0 Å². The lowest BCUT2D eigenvalue weighted by Gasteiger charge is -2.22. The molecule has 1 fully saturated rings. The van der Waals surface area contributed by atoms with Gasteiger partial charge in [-0.1, -0.05) is 29.8 Å². The second-order valence-corrected chi connectivity index (χ2v) is 8.15.